The largest absolute Gasteiger partial charge is 0.383 e. The summed E-state index contributed by atoms with van der Waals surface area (Å²) in [5, 5.41) is 3.36. The van der Waals surface area contributed by atoms with Crippen molar-refractivity contribution < 1.29 is 9.47 Å². The summed E-state index contributed by atoms with van der Waals surface area (Å²) < 4.78 is 11.2. The van der Waals surface area contributed by atoms with E-state index in [0.29, 0.717) is 6.10 Å². The van der Waals surface area contributed by atoms with Crippen LogP contribution in [-0.4, -0.2) is 39.5 Å². The lowest BCUT2D eigenvalue weighted by molar-refractivity contribution is -0.0388. The summed E-state index contributed by atoms with van der Waals surface area (Å²) in [6.45, 7) is 10.7. The average molecular weight is 271 g/mol. The molecule has 0 aliphatic heterocycles. The molecule has 0 bridgehead atoms. The van der Waals surface area contributed by atoms with E-state index in [0.717, 1.165) is 50.5 Å². The zero-order valence-electron chi connectivity index (χ0n) is 13.3. The van der Waals surface area contributed by atoms with E-state index < -0.39 is 0 Å². The molecule has 1 rings (SSSR count). The van der Waals surface area contributed by atoms with Crippen LogP contribution in [-0.2, 0) is 9.47 Å². The first-order valence-electron chi connectivity index (χ1n) is 7.96. The van der Waals surface area contributed by atoms with Gasteiger partial charge in [-0.1, -0.05) is 27.2 Å². The summed E-state index contributed by atoms with van der Waals surface area (Å²) in [7, 11) is 1.74. The van der Waals surface area contributed by atoms with Gasteiger partial charge in [-0.05, 0) is 43.6 Å². The molecule has 0 radical (unpaired) electrons. The zero-order valence-corrected chi connectivity index (χ0v) is 13.3. The Morgan fingerprint density at radius 3 is 2.63 bits per heavy atom. The van der Waals surface area contributed by atoms with Crippen molar-refractivity contribution in [3.8, 4) is 0 Å². The van der Waals surface area contributed by atoms with Crippen LogP contribution in [0.25, 0.3) is 0 Å². The fourth-order valence-electron chi connectivity index (χ4n) is 3.04. The van der Waals surface area contributed by atoms with Crippen LogP contribution in [0.3, 0.4) is 0 Å². The fourth-order valence-corrected chi connectivity index (χ4v) is 3.04. The standard InChI is InChI=1S/C16H33NO2/c1-13(2)15-7-6-14(3)12-16(15)19-10-5-8-17-9-11-18-4/h13-17H,5-12H2,1-4H3. The predicted molar refractivity (Wildman–Crippen MR) is 80.4 cm³/mol. The first-order chi connectivity index (χ1) is 9.15. The van der Waals surface area contributed by atoms with E-state index in [1.54, 1.807) is 7.11 Å². The SMILES string of the molecule is COCCNCCCOC1CC(C)CCC1C(C)C. The van der Waals surface area contributed by atoms with Crippen LogP contribution in [0.15, 0.2) is 0 Å². The van der Waals surface area contributed by atoms with Gasteiger partial charge in [0.15, 0.2) is 0 Å². The number of methoxy groups -OCH3 is 1. The van der Waals surface area contributed by atoms with E-state index >= 15 is 0 Å². The maximum atomic E-state index is 6.16. The monoisotopic (exact) mass is 271 g/mol. The van der Waals surface area contributed by atoms with Crippen LogP contribution < -0.4 is 5.32 Å². The zero-order chi connectivity index (χ0) is 14.1. The molecule has 1 aliphatic rings. The molecule has 0 aromatic heterocycles. The molecule has 0 saturated heterocycles. The van der Waals surface area contributed by atoms with Gasteiger partial charge in [0.05, 0.1) is 12.7 Å². The van der Waals surface area contributed by atoms with Crippen LogP contribution in [0, 0.1) is 17.8 Å². The summed E-state index contributed by atoms with van der Waals surface area (Å²) in [5.41, 5.74) is 0. The Morgan fingerprint density at radius 1 is 1.16 bits per heavy atom. The van der Waals surface area contributed by atoms with E-state index in [2.05, 4.69) is 26.1 Å². The lowest BCUT2D eigenvalue weighted by atomic mass is 9.75. The molecule has 3 unspecified atom stereocenters. The highest BCUT2D eigenvalue weighted by molar-refractivity contribution is 4.81. The van der Waals surface area contributed by atoms with Crippen LogP contribution in [0.5, 0.6) is 0 Å². The molecule has 1 saturated carbocycles. The number of hydrogen-bond acceptors (Lipinski definition) is 3. The third kappa shape index (κ3) is 6.73. The molecule has 0 amide bonds. The Morgan fingerprint density at radius 2 is 1.95 bits per heavy atom. The Balaban J connectivity index is 2.14. The minimum Gasteiger partial charge on any atom is -0.383 e. The first-order valence-corrected chi connectivity index (χ1v) is 7.96. The molecule has 19 heavy (non-hydrogen) atoms. The maximum absolute atomic E-state index is 6.16. The van der Waals surface area contributed by atoms with Crippen LogP contribution in [0.1, 0.15) is 46.5 Å². The summed E-state index contributed by atoms with van der Waals surface area (Å²) >= 11 is 0. The Hall–Kier alpha value is -0.120. The van der Waals surface area contributed by atoms with Gasteiger partial charge in [-0.25, -0.2) is 0 Å². The maximum Gasteiger partial charge on any atom is 0.0608 e. The van der Waals surface area contributed by atoms with Gasteiger partial charge in [0, 0.05) is 20.3 Å². The fraction of sp³-hybridized carbons (Fsp3) is 1.00. The molecule has 3 heteroatoms. The number of ether oxygens (including phenoxy) is 2. The molecule has 0 aromatic rings. The second-order valence-corrected chi connectivity index (χ2v) is 6.33. The molecule has 3 nitrogen and oxygen atoms in total. The van der Waals surface area contributed by atoms with Crippen molar-refractivity contribution >= 4 is 0 Å². The molecule has 0 spiro atoms. The van der Waals surface area contributed by atoms with Crippen molar-refractivity contribution in [2.75, 3.05) is 33.4 Å². The van der Waals surface area contributed by atoms with Crippen molar-refractivity contribution in [2.45, 2.75) is 52.6 Å². The Kier molecular flexibility index (Phi) is 8.67. The molecule has 0 heterocycles. The molecule has 114 valence electrons. The summed E-state index contributed by atoms with van der Waals surface area (Å²) in [6, 6.07) is 0. The highest BCUT2D eigenvalue weighted by Crippen LogP contribution is 2.35. The summed E-state index contributed by atoms with van der Waals surface area (Å²) in [4.78, 5) is 0. The molecule has 1 N–H and O–H groups in total. The highest BCUT2D eigenvalue weighted by Gasteiger charge is 2.31. The van der Waals surface area contributed by atoms with E-state index in [1.807, 2.05) is 0 Å². The van der Waals surface area contributed by atoms with Crippen LogP contribution in [0.4, 0.5) is 0 Å². The topological polar surface area (TPSA) is 30.5 Å². The lowest BCUT2D eigenvalue weighted by Crippen LogP contribution is -2.35. The second-order valence-electron chi connectivity index (χ2n) is 6.33. The van der Waals surface area contributed by atoms with E-state index in [1.165, 1.54) is 19.3 Å². The summed E-state index contributed by atoms with van der Waals surface area (Å²) in [6.07, 6.45) is 5.55. The normalized spacial score (nSPS) is 27.9. The Bertz CT molecular complexity index is 221. The van der Waals surface area contributed by atoms with Gasteiger partial charge in [0.25, 0.3) is 0 Å². The lowest BCUT2D eigenvalue weighted by Gasteiger charge is -2.37. The van der Waals surface area contributed by atoms with Crippen molar-refractivity contribution in [3.05, 3.63) is 0 Å². The van der Waals surface area contributed by atoms with E-state index in [4.69, 9.17) is 9.47 Å². The van der Waals surface area contributed by atoms with Gasteiger partial charge in [0.1, 0.15) is 0 Å². The molecule has 1 fully saturated rings. The van der Waals surface area contributed by atoms with Gasteiger partial charge in [0.2, 0.25) is 0 Å². The van der Waals surface area contributed by atoms with Crippen LogP contribution in [0.2, 0.25) is 0 Å². The molecule has 0 aromatic carbocycles. The van der Waals surface area contributed by atoms with Crippen molar-refractivity contribution in [1.82, 2.24) is 5.32 Å². The summed E-state index contributed by atoms with van der Waals surface area (Å²) in [5.74, 6) is 2.34. The van der Waals surface area contributed by atoms with Gasteiger partial charge in [-0.2, -0.15) is 0 Å². The van der Waals surface area contributed by atoms with Gasteiger partial charge < -0.3 is 14.8 Å². The van der Waals surface area contributed by atoms with E-state index in [9.17, 15) is 0 Å². The molecular weight excluding hydrogens is 238 g/mol. The third-order valence-corrected chi connectivity index (χ3v) is 4.27. The third-order valence-electron chi connectivity index (χ3n) is 4.27. The average Bonchev–Trinajstić information content (AvgIpc) is 2.37. The van der Waals surface area contributed by atoms with Gasteiger partial charge >= 0.3 is 0 Å². The molecular formula is C16H33NO2. The van der Waals surface area contributed by atoms with Gasteiger partial charge in [-0.3, -0.25) is 0 Å². The Labute approximate surface area is 119 Å². The molecule has 1 aliphatic carbocycles. The van der Waals surface area contributed by atoms with Crippen molar-refractivity contribution in [1.29, 1.82) is 0 Å². The van der Waals surface area contributed by atoms with E-state index in [-0.39, 0.29) is 0 Å². The smallest absolute Gasteiger partial charge is 0.0608 e. The molecule has 3 atom stereocenters. The number of rotatable bonds is 9. The first kappa shape index (κ1) is 16.9. The quantitative estimate of drug-likeness (QED) is 0.654. The van der Waals surface area contributed by atoms with Crippen LogP contribution >= 0.6 is 0 Å². The van der Waals surface area contributed by atoms with Crippen molar-refractivity contribution in [3.63, 3.8) is 0 Å². The second kappa shape index (κ2) is 9.73. The van der Waals surface area contributed by atoms with Crippen molar-refractivity contribution in [2.24, 2.45) is 17.8 Å². The minimum atomic E-state index is 0.489. The number of nitrogens with one attached hydrogen (secondary N) is 1. The van der Waals surface area contributed by atoms with Gasteiger partial charge in [-0.15, -0.1) is 0 Å². The highest BCUT2D eigenvalue weighted by atomic mass is 16.5. The predicted octanol–water partition coefficient (Wildman–Crippen LogP) is 3.09. The minimum absolute atomic E-state index is 0.489. The number of hydrogen-bond donors (Lipinski definition) is 1.